The SMILES string of the molecule is CCn1cccc1CNC(C)C1CCC1. The molecule has 15 heavy (non-hydrogen) atoms. The van der Waals surface area contributed by atoms with Crippen LogP contribution in [0.5, 0.6) is 0 Å². The predicted molar refractivity (Wildman–Crippen MR) is 63.7 cm³/mol. The molecule has 0 spiro atoms. The zero-order valence-corrected chi connectivity index (χ0v) is 9.87. The summed E-state index contributed by atoms with van der Waals surface area (Å²) in [5.74, 6) is 0.926. The van der Waals surface area contributed by atoms with Gasteiger partial charge in [-0.1, -0.05) is 6.42 Å². The number of hydrogen-bond donors (Lipinski definition) is 1. The van der Waals surface area contributed by atoms with Crippen LogP contribution in [0.4, 0.5) is 0 Å². The third kappa shape index (κ3) is 2.43. The predicted octanol–water partition coefficient (Wildman–Crippen LogP) is 2.79. The highest BCUT2D eigenvalue weighted by molar-refractivity contribution is 5.07. The number of hydrogen-bond acceptors (Lipinski definition) is 1. The van der Waals surface area contributed by atoms with E-state index in [4.69, 9.17) is 0 Å². The van der Waals surface area contributed by atoms with Crippen molar-refractivity contribution in [1.29, 1.82) is 0 Å². The minimum absolute atomic E-state index is 0.680. The van der Waals surface area contributed by atoms with Crippen LogP contribution in [0.3, 0.4) is 0 Å². The Hall–Kier alpha value is -0.760. The summed E-state index contributed by atoms with van der Waals surface area (Å²) in [6.07, 6.45) is 6.43. The molecule has 1 fully saturated rings. The molecule has 2 nitrogen and oxygen atoms in total. The first-order chi connectivity index (χ1) is 7.31. The summed E-state index contributed by atoms with van der Waals surface area (Å²) in [5, 5.41) is 3.64. The Morgan fingerprint density at radius 3 is 2.93 bits per heavy atom. The van der Waals surface area contributed by atoms with Crippen LogP contribution in [-0.2, 0) is 13.1 Å². The number of aryl methyl sites for hydroxylation is 1. The molecule has 1 unspecified atom stereocenters. The lowest BCUT2D eigenvalue weighted by molar-refractivity contribution is 0.239. The fourth-order valence-electron chi connectivity index (χ4n) is 2.29. The summed E-state index contributed by atoms with van der Waals surface area (Å²) in [6.45, 7) is 6.60. The zero-order valence-electron chi connectivity index (χ0n) is 9.87. The van der Waals surface area contributed by atoms with Crippen molar-refractivity contribution in [1.82, 2.24) is 9.88 Å². The van der Waals surface area contributed by atoms with E-state index in [9.17, 15) is 0 Å². The van der Waals surface area contributed by atoms with Gasteiger partial charge in [0.2, 0.25) is 0 Å². The monoisotopic (exact) mass is 206 g/mol. The van der Waals surface area contributed by atoms with Crippen LogP contribution in [0.1, 0.15) is 38.8 Å². The molecule has 1 atom stereocenters. The zero-order chi connectivity index (χ0) is 10.7. The second-order valence-electron chi connectivity index (χ2n) is 4.65. The Morgan fingerprint density at radius 1 is 1.53 bits per heavy atom. The van der Waals surface area contributed by atoms with E-state index in [2.05, 4.69) is 42.1 Å². The lowest BCUT2D eigenvalue weighted by Gasteiger charge is -2.32. The molecular formula is C13H22N2. The second kappa shape index (κ2) is 4.84. The highest BCUT2D eigenvalue weighted by Gasteiger charge is 2.23. The normalized spacial score (nSPS) is 18.8. The summed E-state index contributed by atoms with van der Waals surface area (Å²) in [6, 6.07) is 5.03. The molecule has 1 saturated carbocycles. The van der Waals surface area contributed by atoms with Crippen molar-refractivity contribution in [3.8, 4) is 0 Å². The van der Waals surface area contributed by atoms with E-state index in [1.807, 2.05) is 0 Å². The van der Waals surface area contributed by atoms with E-state index in [0.717, 1.165) is 19.0 Å². The van der Waals surface area contributed by atoms with Crippen LogP contribution in [0.15, 0.2) is 18.3 Å². The summed E-state index contributed by atoms with van der Waals surface area (Å²) in [5.41, 5.74) is 1.41. The van der Waals surface area contributed by atoms with Crippen molar-refractivity contribution in [2.45, 2.75) is 52.2 Å². The maximum atomic E-state index is 3.64. The third-order valence-corrected chi connectivity index (χ3v) is 3.73. The van der Waals surface area contributed by atoms with Crippen molar-refractivity contribution < 1.29 is 0 Å². The van der Waals surface area contributed by atoms with Crippen LogP contribution in [-0.4, -0.2) is 10.6 Å². The molecule has 1 heterocycles. The van der Waals surface area contributed by atoms with Crippen molar-refractivity contribution in [2.75, 3.05) is 0 Å². The molecule has 1 aromatic heterocycles. The first-order valence-electron chi connectivity index (χ1n) is 6.18. The molecular weight excluding hydrogens is 184 g/mol. The molecule has 0 radical (unpaired) electrons. The summed E-state index contributed by atoms with van der Waals surface area (Å²) in [7, 11) is 0. The van der Waals surface area contributed by atoms with Gasteiger partial charge in [-0.05, 0) is 44.7 Å². The average molecular weight is 206 g/mol. The van der Waals surface area contributed by atoms with Crippen molar-refractivity contribution in [3.63, 3.8) is 0 Å². The summed E-state index contributed by atoms with van der Waals surface area (Å²) < 4.78 is 2.31. The molecule has 1 aliphatic rings. The first kappa shape index (κ1) is 10.7. The Kier molecular flexibility index (Phi) is 3.47. The standard InChI is InChI=1S/C13H22N2/c1-3-15-9-5-8-13(15)10-14-11(2)12-6-4-7-12/h5,8-9,11-12,14H,3-4,6-7,10H2,1-2H3. The van der Waals surface area contributed by atoms with Crippen LogP contribution in [0, 0.1) is 5.92 Å². The van der Waals surface area contributed by atoms with Crippen LogP contribution in [0.25, 0.3) is 0 Å². The van der Waals surface area contributed by atoms with Crippen LogP contribution < -0.4 is 5.32 Å². The van der Waals surface area contributed by atoms with E-state index in [0.29, 0.717) is 6.04 Å². The Balaban J connectivity index is 1.81. The summed E-state index contributed by atoms with van der Waals surface area (Å²) >= 11 is 0. The molecule has 2 heteroatoms. The molecule has 1 aliphatic carbocycles. The number of rotatable bonds is 5. The minimum Gasteiger partial charge on any atom is -0.351 e. The maximum Gasteiger partial charge on any atom is 0.0361 e. The van der Waals surface area contributed by atoms with Gasteiger partial charge in [0.05, 0.1) is 0 Å². The largest absolute Gasteiger partial charge is 0.351 e. The van der Waals surface area contributed by atoms with E-state index in [1.165, 1.54) is 25.0 Å². The smallest absolute Gasteiger partial charge is 0.0361 e. The second-order valence-corrected chi connectivity index (χ2v) is 4.65. The Morgan fingerprint density at radius 2 is 2.33 bits per heavy atom. The van der Waals surface area contributed by atoms with Crippen LogP contribution >= 0.6 is 0 Å². The lowest BCUT2D eigenvalue weighted by Crippen LogP contribution is -2.36. The van der Waals surface area contributed by atoms with Gasteiger partial charge in [0.1, 0.15) is 0 Å². The van der Waals surface area contributed by atoms with Gasteiger partial charge in [-0.15, -0.1) is 0 Å². The average Bonchev–Trinajstić information content (AvgIpc) is 2.58. The van der Waals surface area contributed by atoms with Crippen molar-refractivity contribution >= 4 is 0 Å². The fraction of sp³-hybridized carbons (Fsp3) is 0.692. The molecule has 84 valence electrons. The summed E-state index contributed by atoms with van der Waals surface area (Å²) in [4.78, 5) is 0. The number of nitrogens with one attached hydrogen (secondary N) is 1. The van der Waals surface area contributed by atoms with E-state index < -0.39 is 0 Å². The Bertz CT molecular complexity index is 299. The number of nitrogens with zero attached hydrogens (tertiary/aromatic N) is 1. The van der Waals surface area contributed by atoms with Crippen molar-refractivity contribution in [3.05, 3.63) is 24.0 Å². The topological polar surface area (TPSA) is 17.0 Å². The quantitative estimate of drug-likeness (QED) is 0.784. The molecule has 0 bridgehead atoms. The maximum absolute atomic E-state index is 3.64. The molecule has 0 aliphatic heterocycles. The van der Waals surface area contributed by atoms with Gasteiger partial charge in [0.25, 0.3) is 0 Å². The fourth-order valence-corrected chi connectivity index (χ4v) is 2.29. The third-order valence-electron chi connectivity index (χ3n) is 3.73. The van der Waals surface area contributed by atoms with Gasteiger partial charge >= 0.3 is 0 Å². The molecule has 0 aromatic carbocycles. The van der Waals surface area contributed by atoms with Gasteiger partial charge in [-0.3, -0.25) is 0 Å². The molecule has 0 amide bonds. The number of aromatic nitrogens is 1. The molecule has 1 aromatic rings. The van der Waals surface area contributed by atoms with Gasteiger partial charge in [-0.25, -0.2) is 0 Å². The molecule has 1 N–H and O–H groups in total. The van der Waals surface area contributed by atoms with E-state index in [-0.39, 0.29) is 0 Å². The lowest BCUT2D eigenvalue weighted by atomic mass is 9.80. The Labute approximate surface area is 92.7 Å². The highest BCUT2D eigenvalue weighted by atomic mass is 15.0. The molecule has 2 rings (SSSR count). The van der Waals surface area contributed by atoms with Crippen molar-refractivity contribution in [2.24, 2.45) is 5.92 Å². The molecule has 0 saturated heterocycles. The minimum atomic E-state index is 0.680. The van der Waals surface area contributed by atoms with Gasteiger partial charge in [0, 0.05) is 31.0 Å². The van der Waals surface area contributed by atoms with Crippen LogP contribution in [0.2, 0.25) is 0 Å². The van der Waals surface area contributed by atoms with Gasteiger partial charge in [0.15, 0.2) is 0 Å². The van der Waals surface area contributed by atoms with Gasteiger partial charge in [-0.2, -0.15) is 0 Å². The first-order valence-corrected chi connectivity index (χ1v) is 6.18. The highest BCUT2D eigenvalue weighted by Crippen LogP contribution is 2.29. The van der Waals surface area contributed by atoms with E-state index >= 15 is 0 Å². The van der Waals surface area contributed by atoms with E-state index in [1.54, 1.807) is 0 Å². The van der Waals surface area contributed by atoms with Gasteiger partial charge < -0.3 is 9.88 Å².